The van der Waals surface area contributed by atoms with Crippen molar-refractivity contribution in [2.75, 3.05) is 14.2 Å². The number of rotatable bonds is 7. The molecule has 0 radical (unpaired) electrons. The first-order valence-corrected chi connectivity index (χ1v) is 12.0. The molecule has 0 aliphatic carbocycles. The summed E-state index contributed by atoms with van der Waals surface area (Å²) in [6.07, 6.45) is 2.25. The van der Waals surface area contributed by atoms with Gasteiger partial charge >= 0.3 is 0 Å². The highest BCUT2D eigenvalue weighted by Crippen LogP contribution is 2.41. The Bertz CT molecular complexity index is 1230. The predicted molar refractivity (Wildman–Crippen MR) is 136 cm³/mol. The second kappa shape index (κ2) is 10.2. The van der Waals surface area contributed by atoms with Crippen molar-refractivity contribution < 1.29 is 23.8 Å². The summed E-state index contributed by atoms with van der Waals surface area (Å²) in [7, 11) is 3.16. The predicted octanol–water partition coefficient (Wildman–Crippen LogP) is 4.95. The first kappa shape index (κ1) is 24.3. The van der Waals surface area contributed by atoms with Crippen molar-refractivity contribution in [3.63, 3.8) is 0 Å². The van der Waals surface area contributed by atoms with E-state index in [9.17, 15) is 9.59 Å². The van der Waals surface area contributed by atoms with Crippen molar-refractivity contribution >= 4 is 29.2 Å². The molecule has 2 heterocycles. The van der Waals surface area contributed by atoms with Crippen LogP contribution in [-0.4, -0.2) is 31.6 Å². The molecule has 0 saturated heterocycles. The molecular weight excluding hydrogens is 464 g/mol. The van der Waals surface area contributed by atoms with Crippen molar-refractivity contribution in [1.82, 2.24) is 10.6 Å². The van der Waals surface area contributed by atoms with Gasteiger partial charge in [0.05, 0.1) is 20.3 Å². The smallest absolute Gasteiger partial charge is 0.268 e. The van der Waals surface area contributed by atoms with Gasteiger partial charge in [-0.1, -0.05) is 6.07 Å². The van der Waals surface area contributed by atoms with E-state index in [0.717, 1.165) is 10.4 Å². The van der Waals surface area contributed by atoms with Gasteiger partial charge in [-0.25, -0.2) is 0 Å². The molecule has 3 aromatic rings. The van der Waals surface area contributed by atoms with E-state index in [1.807, 2.05) is 49.6 Å². The maximum absolute atomic E-state index is 13.5. The fourth-order valence-corrected chi connectivity index (χ4v) is 4.59. The SMILES string of the molecule is COc1ccc(C(=O)N/C(=C\c2cccs2)C(=O)N[C@H]2CC(C)(C)Oc3cc(OC)ccc32)cc1. The monoisotopic (exact) mass is 492 g/mol. The fraction of sp³-hybridized carbons (Fsp3) is 0.259. The van der Waals surface area contributed by atoms with E-state index < -0.39 is 5.60 Å². The molecule has 8 heteroatoms. The number of carbonyl (C=O) groups is 2. The molecule has 0 unspecified atom stereocenters. The van der Waals surface area contributed by atoms with Gasteiger partial charge in [0.15, 0.2) is 0 Å². The molecule has 2 aromatic carbocycles. The van der Waals surface area contributed by atoms with Crippen molar-refractivity contribution in [3.8, 4) is 17.2 Å². The number of benzene rings is 2. The zero-order valence-electron chi connectivity index (χ0n) is 20.1. The molecule has 2 amide bonds. The quantitative estimate of drug-likeness (QED) is 0.456. The van der Waals surface area contributed by atoms with Gasteiger partial charge in [-0.15, -0.1) is 11.3 Å². The van der Waals surface area contributed by atoms with E-state index in [1.54, 1.807) is 44.6 Å². The van der Waals surface area contributed by atoms with E-state index in [-0.39, 0.29) is 23.6 Å². The Balaban J connectivity index is 1.60. The topological polar surface area (TPSA) is 85.9 Å². The highest BCUT2D eigenvalue weighted by Gasteiger charge is 2.35. The molecule has 1 aliphatic heterocycles. The molecule has 0 fully saturated rings. The van der Waals surface area contributed by atoms with Gasteiger partial charge < -0.3 is 24.8 Å². The summed E-state index contributed by atoms with van der Waals surface area (Å²) >= 11 is 1.48. The molecule has 1 aromatic heterocycles. The average Bonchev–Trinajstić information content (AvgIpc) is 3.35. The Morgan fingerprint density at radius 2 is 1.77 bits per heavy atom. The zero-order chi connectivity index (χ0) is 25.0. The fourth-order valence-electron chi connectivity index (χ4n) is 3.93. The minimum absolute atomic E-state index is 0.160. The Morgan fingerprint density at radius 3 is 2.43 bits per heavy atom. The summed E-state index contributed by atoms with van der Waals surface area (Å²) in [6.45, 7) is 3.95. The van der Waals surface area contributed by atoms with Crippen LogP contribution in [0.15, 0.2) is 65.7 Å². The van der Waals surface area contributed by atoms with Crippen LogP contribution in [-0.2, 0) is 4.79 Å². The third kappa shape index (κ3) is 5.84. The lowest BCUT2D eigenvalue weighted by Crippen LogP contribution is -2.43. The summed E-state index contributed by atoms with van der Waals surface area (Å²) in [5.74, 6) is 1.22. The van der Waals surface area contributed by atoms with E-state index >= 15 is 0 Å². The number of amides is 2. The van der Waals surface area contributed by atoms with Crippen LogP contribution < -0.4 is 24.8 Å². The zero-order valence-corrected chi connectivity index (χ0v) is 20.9. The molecule has 1 aliphatic rings. The minimum atomic E-state index is -0.499. The van der Waals surface area contributed by atoms with Crippen LogP contribution in [0.3, 0.4) is 0 Å². The van der Waals surface area contributed by atoms with E-state index in [1.165, 1.54) is 11.3 Å². The van der Waals surface area contributed by atoms with E-state index in [2.05, 4.69) is 10.6 Å². The second-order valence-electron chi connectivity index (χ2n) is 8.75. The minimum Gasteiger partial charge on any atom is -0.497 e. The number of hydrogen-bond donors (Lipinski definition) is 2. The summed E-state index contributed by atoms with van der Waals surface area (Å²) in [5.41, 5.74) is 0.935. The van der Waals surface area contributed by atoms with Gasteiger partial charge in [-0.05, 0) is 67.8 Å². The number of methoxy groups -OCH3 is 2. The summed E-state index contributed by atoms with van der Waals surface area (Å²) < 4.78 is 16.6. The average molecular weight is 493 g/mol. The van der Waals surface area contributed by atoms with Crippen LogP contribution in [0, 0.1) is 0 Å². The first-order valence-electron chi connectivity index (χ1n) is 11.2. The number of hydrogen-bond acceptors (Lipinski definition) is 6. The molecule has 0 bridgehead atoms. The Morgan fingerprint density at radius 1 is 1.06 bits per heavy atom. The number of nitrogens with one attached hydrogen (secondary N) is 2. The van der Waals surface area contributed by atoms with E-state index in [4.69, 9.17) is 14.2 Å². The van der Waals surface area contributed by atoms with Crippen molar-refractivity contribution in [2.45, 2.75) is 31.9 Å². The molecular formula is C27H28N2O5S. The summed E-state index contributed by atoms with van der Waals surface area (Å²) in [6, 6.07) is 15.7. The van der Waals surface area contributed by atoms with Crippen LogP contribution in [0.1, 0.15) is 47.1 Å². The van der Waals surface area contributed by atoms with Crippen LogP contribution in [0.4, 0.5) is 0 Å². The van der Waals surface area contributed by atoms with Gasteiger partial charge in [-0.2, -0.15) is 0 Å². The molecule has 182 valence electrons. The maximum Gasteiger partial charge on any atom is 0.268 e. The first-order chi connectivity index (χ1) is 16.8. The lowest BCUT2D eigenvalue weighted by molar-refractivity contribution is -0.119. The molecule has 1 atom stereocenters. The lowest BCUT2D eigenvalue weighted by atomic mass is 9.89. The third-order valence-electron chi connectivity index (χ3n) is 5.66. The Labute approximate surface area is 208 Å². The van der Waals surface area contributed by atoms with Crippen molar-refractivity contribution in [2.24, 2.45) is 0 Å². The third-order valence-corrected chi connectivity index (χ3v) is 6.48. The van der Waals surface area contributed by atoms with Crippen LogP contribution in [0.2, 0.25) is 0 Å². The largest absolute Gasteiger partial charge is 0.497 e. The van der Waals surface area contributed by atoms with Crippen molar-refractivity contribution in [3.05, 3.63) is 81.7 Å². The van der Waals surface area contributed by atoms with Gasteiger partial charge in [0.1, 0.15) is 28.5 Å². The maximum atomic E-state index is 13.5. The molecule has 0 spiro atoms. The van der Waals surface area contributed by atoms with Gasteiger partial charge in [0.25, 0.3) is 11.8 Å². The van der Waals surface area contributed by atoms with Gasteiger partial charge in [-0.3, -0.25) is 9.59 Å². The normalized spacial score (nSPS) is 16.5. The van der Waals surface area contributed by atoms with Crippen LogP contribution in [0.5, 0.6) is 17.2 Å². The summed E-state index contributed by atoms with van der Waals surface area (Å²) in [5, 5.41) is 7.80. The standard InChI is InChI=1S/C27H28N2O5S/c1-27(2)16-23(21-12-11-19(33-4)14-24(21)34-27)29-26(31)22(15-20-6-5-13-35-20)28-25(30)17-7-9-18(32-3)10-8-17/h5-15,23H,16H2,1-4H3,(H,28,30)(H,29,31)/b22-15-/t23-/m0/s1. The number of fused-ring (bicyclic) bond motifs is 1. The Hall–Kier alpha value is -3.78. The molecule has 4 rings (SSSR count). The van der Waals surface area contributed by atoms with E-state index in [0.29, 0.717) is 29.2 Å². The highest BCUT2D eigenvalue weighted by atomic mass is 32.1. The Kier molecular flexibility index (Phi) is 7.12. The molecule has 2 N–H and O–H groups in total. The van der Waals surface area contributed by atoms with Crippen molar-refractivity contribution in [1.29, 1.82) is 0 Å². The lowest BCUT2D eigenvalue weighted by Gasteiger charge is -2.38. The number of carbonyl (C=O) groups excluding carboxylic acids is 2. The number of ether oxygens (including phenoxy) is 3. The second-order valence-corrected chi connectivity index (χ2v) is 9.73. The van der Waals surface area contributed by atoms with Gasteiger partial charge in [0.2, 0.25) is 0 Å². The molecule has 0 saturated carbocycles. The molecule has 35 heavy (non-hydrogen) atoms. The number of thiophene rings is 1. The molecule has 7 nitrogen and oxygen atoms in total. The van der Waals surface area contributed by atoms with Crippen LogP contribution in [0.25, 0.3) is 6.08 Å². The van der Waals surface area contributed by atoms with Gasteiger partial charge in [0, 0.05) is 28.5 Å². The highest BCUT2D eigenvalue weighted by molar-refractivity contribution is 7.10. The van der Waals surface area contributed by atoms with Crippen LogP contribution >= 0.6 is 11.3 Å². The summed E-state index contributed by atoms with van der Waals surface area (Å²) in [4.78, 5) is 27.3.